The van der Waals surface area contributed by atoms with Crippen molar-refractivity contribution in [3.8, 4) is 17.1 Å². The molecule has 3 rings (SSSR count). The fourth-order valence-electron chi connectivity index (χ4n) is 3.31. The van der Waals surface area contributed by atoms with Crippen LogP contribution in [0.2, 0.25) is 0 Å². The Morgan fingerprint density at radius 3 is 2.32 bits per heavy atom. The van der Waals surface area contributed by atoms with Crippen LogP contribution in [0.3, 0.4) is 0 Å². The lowest BCUT2D eigenvalue weighted by Gasteiger charge is -2.39. The van der Waals surface area contributed by atoms with Crippen molar-refractivity contribution in [2.75, 3.05) is 18.4 Å². The average molecular weight is 478 g/mol. The highest BCUT2D eigenvalue weighted by Gasteiger charge is 2.35. The van der Waals surface area contributed by atoms with Gasteiger partial charge in [0.05, 0.1) is 30.7 Å². The monoisotopic (exact) mass is 477 g/mol. The Morgan fingerprint density at radius 2 is 1.74 bits per heavy atom. The van der Waals surface area contributed by atoms with Crippen molar-refractivity contribution in [1.29, 1.82) is 0 Å². The molecule has 34 heavy (non-hydrogen) atoms. The molecular formula is C23H32FN5O5. The van der Waals surface area contributed by atoms with Gasteiger partial charge in [-0.15, -0.1) is 0 Å². The number of pyridine rings is 1. The zero-order valence-electron chi connectivity index (χ0n) is 20.9. The van der Waals surface area contributed by atoms with Crippen LogP contribution in [0, 0.1) is 12.7 Å². The van der Waals surface area contributed by atoms with E-state index in [0.717, 1.165) is 6.20 Å². The molecule has 1 N–H and O–H groups in total. The largest absolute Gasteiger partial charge is 0.483 e. The first kappa shape index (κ1) is 25.3. The van der Waals surface area contributed by atoms with Gasteiger partial charge >= 0.3 is 12.2 Å². The molecule has 2 aromatic heterocycles. The molecule has 0 unspecified atom stereocenters. The number of carbonyl (C=O) groups is 2. The quantitative estimate of drug-likeness (QED) is 0.700. The van der Waals surface area contributed by atoms with Gasteiger partial charge in [0.25, 0.3) is 0 Å². The van der Waals surface area contributed by atoms with Crippen LogP contribution in [0.15, 0.2) is 12.3 Å². The molecular weight excluding hydrogens is 445 g/mol. The van der Waals surface area contributed by atoms with Crippen molar-refractivity contribution < 1.29 is 28.2 Å². The van der Waals surface area contributed by atoms with E-state index in [4.69, 9.17) is 14.2 Å². The van der Waals surface area contributed by atoms with Crippen molar-refractivity contribution in [1.82, 2.24) is 19.7 Å². The minimum atomic E-state index is -0.652. The number of halogens is 1. The third kappa shape index (κ3) is 6.15. The van der Waals surface area contributed by atoms with Crippen molar-refractivity contribution in [3.63, 3.8) is 0 Å². The van der Waals surface area contributed by atoms with Gasteiger partial charge in [-0.25, -0.2) is 14.0 Å². The number of carbonyl (C=O) groups excluding carboxylic acids is 2. The fraction of sp³-hybridized carbons (Fsp3) is 0.565. The van der Waals surface area contributed by atoms with Gasteiger partial charge in [-0.1, -0.05) is 0 Å². The van der Waals surface area contributed by atoms with Gasteiger partial charge in [-0.3, -0.25) is 15.0 Å². The summed E-state index contributed by atoms with van der Waals surface area (Å²) in [5.41, 5.74) is 0.399. The molecule has 10 nitrogen and oxygen atoms in total. The van der Waals surface area contributed by atoms with Crippen LogP contribution in [0.25, 0.3) is 11.4 Å². The molecule has 1 saturated heterocycles. The molecule has 0 aromatic carbocycles. The predicted molar refractivity (Wildman–Crippen MR) is 123 cm³/mol. The number of nitrogens with one attached hydrogen (secondary N) is 1. The van der Waals surface area contributed by atoms with Crippen LogP contribution in [-0.4, -0.2) is 62.2 Å². The Bertz CT molecular complexity index is 1080. The van der Waals surface area contributed by atoms with E-state index in [1.54, 1.807) is 60.2 Å². The smallest absolute Gasteiger partial charge is 0.413 e. The minimum Gasteiger partial charge on any atom is -0.483 e. The molecule has 0 bridgehead atoms. The number of aromatic nitrogens is 3. The molecule has 0 spiro atoms. The number of ether oxygens (including phenoxy) is 3. The normalized spacial score (nSPS) is 14.4. The van der Waals surface area contributed by atoms with E-state index in [9.17, 15) is 14.0 Å². The van der Waals surface area contributed by atoms with Gasteiger partial charge < -0.3 is 19.1 Å². The average Bonchev–Trinajstić information content (AvgIpc) is 2.89. The third-order valence-corrected chi connectivity index (χ3v) is 4.76. The van der Waals surface area contributed by atoms with Crippen LogP contribution in [0.5, 0.6) is 5.75 Å². The molecule has 0 saturated carbocycles. The molecule has 186 valence electrons. The lowest BCUT2D eigenvalue weighted by atomic mass is 10.1. The highest BCUT2D eigenvalue weighted by atomic mass is 19.1. The van der Waals surface area contributed by atoms with Crippen LogP contribution in [-0.2, 0) is 16.5 Å². The summed E-state index contributed by atoms with van der Waals surface area (Å²) in [6, 6.07) is 1.48. The lowest BCUT2D eigenvalue weighted by molar-refractivity contribution is -0.0229. The van der Waals surface area contributed by atoms with Crippen molar-refractivity contribution in [3.05, 3.63) is 23.6 Å². The zero-order valence-corrected chi connectivity index (χ0v) is 20.9. The second-order valence-corrected chi connectivity index (χ2v) is 10.2. The molecule has 0 atom stereocenters. The topological polar surface area (TPSA) is 108 Å². The Kier molecular flexibility index (Phi) is 6.77. The summed E-state index contributed by atoms with van der Waals surface area (Å²) >= 11 is 0. The van der Waals surface area contributed by atoms with Gasteiger partial charge in [0.1, 0.15) is 17.3 Å². The Labute approximate surface area is 198 Å². The molecule has 2 amide bonds. The zero-order chi connectivity index (χ0) is 25.4. The van der Waals surface area contributed by atoms with E-state index in [0.29, 0.717) is 35.9 Å². The summed E-state index contributed by atoms with van der Waals surface area (Å²) in [7, 11) is 1.69. The first-order valence-electron chi connectivity index (χ1n) is 11.0. The minimum absolute atomic E-state index is 0.0149. The molecule has 0 aliphatic carbocycles. The summed E-state index contributed by atoms with van der Waals surface area (Å²) in [4.78, 5) is 29.9. The third-order valence-electron chi connectivity index (χ3n) is 4.76. The molecule has 3 heterocycles. The highest BCUT2D eigenvalue weighted by Crippen LogP contribution is 2.31. The number of rotatable bonds is 4. The maximum absolute atomic E-state index is 14.4. The highest BCUT2D eigenvalue weighted by molar-refractivity contribution is 5.86. The van der Waals surface area contributed by atoms with Gasteiger partial charge in [0, 0.05) is 18.7 Å². The first-order valence-corrected chi connectivity index (χ1v) is 11.0. The van der Waals surface area contributed by atoms with Crippen LogP contribution in [0.1, 0.15) is 47.1 Å². The maximum atomic E-state index is 14.4. The molecule has 11 heteroatoms. The summed E-state index contributed by atoms with van der Waals surface area (Å²) in [6.07, 6.45) is -0.355. The molecule has 1 fully saturated rings. The maximum Gasteiger partial charge on any atom is 0.413 e. The van der Waals surface area contributed by atoms with Gasteiger partial charge in [-0.2, -0.15) is 5.10 Å². The Hall–Kier alpha value is -3.37. The summed E-state index contributed by atoms with van der Waals surface area (Å²) in [5.74, 6) is -0.292. The van der Waals surface area contributed by atoms with E-state index >= 15 is 0 Å². The Balaban J connectivity index is 1.72. The number of hydrogen-bond donors (Lipinski definition) is 1. The van der Waals surface area contributed by atoms with Crippen LogP contribution >= 0.6 is 0 Å². The van der Waals surface area contributed by atoms with Crippen molar-refractivity contribution in [2.45, 2.75) is 65.8 Å². The van der Waals surface area contributed by atoms with E-state index in [-0.39, 0.29) is 11.9 Å². The summed E-state index contributed by atoms with van der Waals surface area (Å²) in [6.45, 7) is 13.0. The number of anilines is 1. The van der Waals surface area contributed by atoms with Crippen molar-refractivity contribution >= 4 is 18.0 Å². The lowest BCUT2D eigenvalue weighted by Crippen LogP contribution is -2.57. The van der Waals surface area contributed by atoms with E-state index < -0.39 is 29.2 Å². The van der Waals surface area contributed by atoms with Gasteiger partial charge in [-0.05, 0) is 48.5 Å². The van der Waals surface area contributed by atoms with Crippen molar-refractivity contribution in [2.24, 2.45) is 7.05 Å². The standard InChI is InChI=1S/C23H32FN5O5/c1-13-18(28(8)27-19(13)26-20(30)33-22(2,3)4)16-9-17(15(24)10-25-16)32-14-11-29(12-14)21(31)34-23(5,6)7/h9-10,14H,11-12H2,1-8H3,(H,26,27,30). The van der Waals surface area contributed by atoms with E-state index in [1.807, 2.05) is 0 Å². The second kappa shape index (κ2) is 9.11. The second-order valence-electron chi connectivity index (χ2n) is 10.2. The number of hydrogen-bond acceptors (Lipinski definition) is 7. The van der Waals surface area contributed by atoms with Gasteiger partial charge in [0.15, 0.2) is 17.4 Å². The SMILES string of the molecule is Cc1c(NC(=O)OC(C)(C)C)nn(C)c1-c1cc(OC2CN(C(=O)OC(C)(C)C)C2)c(F)cn1. The number of amides is 2. The van der Waals surface area contributed by atoms with Crippen LogP contribution < -0.4 is 10.1 Å². The van der Waals surface area contributed by atoms with Gasteiger partial charge in [0.2, 0.25) is 0 Å². The summed E-state index contributed by atoms with van der Waals surface area (Å²) < 4.78 is 32.4. The number of likely N-dealkylation sites (tertiary alicyclic amines) is 1. The first-order chi connectivity index (χ1) is 15.6. The number of aryl methyl sites for hydroxylation is 1. The Morgan fingerprint density at radius 1 is 1.12 bits per heavy atom. The van der Waals surface area contributed by atoms with E-state index in [2.05, 4.69) is 15.4 Å². The fourth-order valence-corrected chi connectivity index (χ4v) is 3.31. The van der Waals surface area contributed by atoms with E-state index in [1.165, 1.54) is 11.0 Å². The summed E-state index contributed by atoms with van der Waals surface area (Å²) in [5, 5.41) is 6.96. The predicted octanol–water partition coefficient (Wildman–Crippen LogP) is 4.27. The molecule has 2 aromatic rings. The van der Waals surface area contributed by atoms with Crippen LogP contribution in [0.4, 0.5) is 19.8 Å². The number of nitrogens with zero attached hydrogens (tertiary/aromatic N) is 4. The molecule has 0 radical (unpaired) electrons. The molecule has 1 aliphatic rings. The molecule has 1 aliphatic heterocycles.